The van der Waals surface area contributed by atoms with Gasteiger partial charge < -0.3 is 10.9 Å². The van der Waals surface area contributed by atoms with Crippen LogP contribution in [0.2, 0.25) is 0 Å². The summed E-state index contributed by atoms with van der Waals surface area (Å²) < 4.78 is 36.9. The maximum atomic E-state index is 12.3. The molecule has 96 valence electrons. The van der Waals surface area contributed by atoms with E-state index in [4.69, 9.17) is 10.9 Å². The molecule has 4 nitrogen and oxygen atoms in total. The zero-order chi connectivity index (χ0) is 12.8. The summed E-state index contributed by atoms with van der Waals surface area (Å²) in [6.45, 7) is 2.69. The molecule has 0 rings (SSSR count). The predicted octanol–water partition coefficient (Wildman–Crippen LogP) is 1.79. The zero-order valence-electron chi connectivity index (χ0n) is 9.46. The van der Waals surface area contributed by atoms with E-state index in [1.807, 2.05) is 0 Å². The molecule has 3 N–H and O–H groups in total. The smallest absolute Gasteiger partial charge is 0.401 e. The average Bonchev–Trinajstić information content (AvgIpc) is 2.16. The van der Waals surface area contributed by atoms with Gasteiger partial charge in [0.2, 0.25) is 0 Å². The summed E-state index contributed by atoms with van der Waals surface area (Å²) in [5.74, 6) is -0.180. The van der Waals surface area contributed by atoms with Crippen LogP contribution in [0.15, 0.2) is 5.16 Å². The Hall–Kier alpha value is -0.980. The second-order valence-corrected chi connectivity index (χ2v) is 3.53. The lowest BCUT2D eigenvalue weighted by Crippen LogP contribution is -2.48. The second-order valence-electron chi connectivity index (χ2n) is 3.53. The molecule has 0 amide bonds. The van der Waals surface area contributed by atoms with Crippen LogP contribution in [0.3, 0.4) is 0 Å². The molecule has 0 saturated heterocycles. The summed E-state index contributed by atoms with van der Waals surface area (Å²) in [5, 5.41) is 11.3. The van der Waals surface area contributed by atoms with Gasteiger partial charge in [0.1, 0.15) is 0 Å². The first kappa shape index (κ1) is 15.0. The lowest BCUT2D eigenvalue weighted by molar-refractivity contribution is -0.148. The SMILES string of the molecule is CCCN(CC(F)(F)F)C(CC)C(N)=NO. The normalized spacial score (nSPS) is 15.5. The first-order valence-corrected chi connectivity index (χ1v) is 5.13. The fraction of sp³-hybridized carbons (Fsp3) is 0.889. The van der Waals surface area contributed by atoms with Crippen LogP contribution in [0.5, 0.6) is 0 Å². The van der Waals surface area contributed by atoms with Crippen molar-refractivity contribution in [2.24, 2.45) is 10.9 Å². The van der Waals surface area contributed by atoms with Crippen LogP contribution in [0.25, 0.3) is 0 Å². The molecular weight excluding hydrogens is 223 g/mol. The number of nitrogens with zero attached hydrogens (tertiary/aromatic N) is 2. The van der Waals surface area contributed by atoms with E-state index in [-0.39, 0.29) is 12.4 Å². The average molecular weight is 241 g/mol. The lowest BCUT2D eigenvalue weighted by Gasteiger charge is -2.30. The number of alkyl halides is 3. The number of nitrogens with two attached hydrogens (primary N) is 1. The molecule has 0 aliphatic carbocycles. The summed E-state index contributed by atoms with van der Waals surface area (Å²) in [5.41, 5.74) is 5.37. The molecule has 0 aromatic heterocycles. The van der Waals surface area contributed by atoms with Crippen LogP contribution < -0.4 is 5.73 Å². The number of hydrogen-bond donors (Lipinski definition) is 2. The van der Waals surface area contributed by atoms with Gasteiger partial charge in [0.25, 0.3) is 0 Å². The van der Waals surface area contributed by atoms with E-state index >= 15 is 0 Å². The third-order valence-corrected chi connectivity index (χ3v) is 2.18. The molecule has 0 fully saturated rings. The van der Waals surface area contributed by atoms with Gasteiger partial charge in [-0.1, -0.05) is 19.0 Å². The largest absolute Gasteiger partial charge is 0.409 e. The molecule has 0 aromatic rings. The van der Waals surface area contributed by atoms with Crippen LogP contribution in [-0.2, 0) is 0 Å². The Morgan fingerprint density at radius 3 is 2.31 bits per heavy atom. The second kappa shape index (κ2) is 6.57. The first-order valence-electron chi connectivity index (χ1n) is 5.13. The summed E-state index contributed by atoms with van der Waals surface area (Å²) in [7, 11) is 0. The van der Waals surface area contributed by atoms with Crippen LogP contribution in [-0.4, -0.2) is 41.3 Å². The van der Waals surface area contributed by atoms with Crippen molar-refractivity contribution >= 4 is 5.84 Å². The van der Waals surface area contributed by atoms with Crippen molar-refractivity contribution in [2.75, 3.05) is 13.1 Å². The molecule has 0 heterocycles. The molecule has 0 radical (unpaired) electrons. The topological polar surface area (TPSA) is 61.8 Å². The highest BCUT2D eigenvalue weighted by Crippen LogP contribution is 2.19. The Labute approximate surface area is 92.9 Å². The van der Waals surface area contributed by atoms with E-state index < -0.39 is 18.8 Å². The maximum absolute atomic E-state index is 12.3. The third kappa shape index (κ3) is 5.20. The van der Waals surface area contributed by atoms with E-state index in [1.165, 1.54) is 4.90 Å². The Kier molecular flexibility index (Phi) is 6.17. The van der Waals surface area contributed by atoms with Crippen molar-refractivity contribution in [3.8, 4) is 0 Å². The molecule has 1 atom stereocenters. The Morgan fingerprint density at radius 2 is 2.00 bits per heavy atom. The minimum atomic E-state index is -4.28. The van der Waals surface area contributed by atoms with Gasteiger partial charge in [-0.2, -0.15) is 13.2 Å². The van der Waals surface area contributed by atoms with Gasteiger partial charge in [-0.15, -0.1) is 0 Å². The minimum absolute atomic E-state index is 0.180. The van der Waals surface area contributed by atoms with E-state index in [1.54, 1.807) is 13.8 Å². The van der Waals surface area contributed by atoms with Gasteiger partial charge in [0.05, 0.1) is 12.6 Å². The van der Waals surface area contributed by atoms with Crippen LogP contribution in [0, 0.1) is 0 Å². The van der Waals surface area contributed by atoms with Crippen LogP contribution >= 0.6 is 0 Å². The fourth-order valence-electron chi connectivity index (χ4n) is 1.58. The number of hydrogen-bond acceptors (Lipinski definition) is 3. The highest BCUT2D eigenvalue weighted by Gasteiger charge is 2.34. The highest BCUT2D eigenvalue weighted by molar-refractivity contribution is 5.85. The zero-order valence-corrected chi connectivity index (χ0v) is 9.46. The molecule has 16 heavy (non-hydrogen) atoms. The monoisotopic (exact) mass is 241 g/mol. The molecule has 0 saturated carbocycles. The van der Waals surface area contributed by atoms with Gasteiger partial charge in [0, 0.05) is 0 Å². The van der Waals surface area contributed by atoms with Gasteiger partial charge in [-0.05, 0) is 19.4 Å². The molecule has 0 aromatic carbocycles. The van der Waals surface area contributed by atoms with E-state index in [9.17, 15) is 13.2 Å². The third-order valence-electron chi connectivity index (χ3n) is 2.18. The van der Waals surface area contributed by atoms with Crippen LogP contribution in [0.4, 0.5) is 13.2 Å². The standard InChI is InChI=1S/C9H18F3N3O/c1-3-5-15(6-9(10,11)12)7(4-2)8(13)14-16/h7,16H,3-6H2,1-2H3,(H2,13,14). The molecule has 0 spiro atoms. The summed E-state index contributed by atoms with van der Waals surface area (Å²) in [6.07, 6.45) is -3.34. The number of rotatable bonds is 6. The lowest BCUT2D eigenvalue weighted by atomic mass is 10.1. The van der Waals surface area contributed by atoms with Gasteiger partial charge in [-0.3, -0.25) is 4.90 Å². The highest BCUT2D eigenvalue weighted by atomic mass is 19.4. The molecular formula is C9H18F3N3O. The van der Waals surface area contributed by atoms with E-state index in [0.717, 1.165) is 0 Å². The van der Waals surface area contributed by atoms with Gasteiger partial charge in [0.15, 0.2) is 5.84 Å². The molecule has 7 heteroatoms. The quantitative estimate of drug-likeness (QED) is 0.322. The Morgan fingerprint density at radius 1 is 1.44 bits per heavy atom. The van der Waals surface area contributed by atoms with Crippen LogP contribution in [0.1, 0.15) is 26.7 Å². The maximum Gasteiger partial charge on any atom is 0.401 e. The van der Waals surface area contributed by atoms with Crippen molar-refractivity contribution in [3.63, 3.8) is 0 Å². The Bertz CT molecular complexity index is 231. The number of amidine groups is 1. The van der Waals surface area contributed by atoms with Crippen molar-refractivity contribution in [2.45, 2.75) is 38.9 Å². The fourth-order valence-corrected chi connectivity index (χ4v) is 1.58. The Balaban J connectivity index is 4.72. The minimum Gasteiger partial charge on any atom is -0.409 e. The summed E-state index contributed by atoms with van der Waals surface area (Å²) >= 11 is 0. The molecule has 1 unspecified atom stereocenters. The van der Waals surface area contributed by atoms with E-state index in [2.05, 4.69) is 5.16 Å². The van der Waals surface area contributed by atoms with Crippen molar-refractivity contribution in [1.82, 2.24) is 4.90 Å². The van der Waals surface area contributed by atoms with Crippen molar-refractivity contribution in [3.05, 3.63) is 0 Å². The molecule has 0 aliphatic heterocycles. The van der Waals surface area contributed by atoms with E-state index in [0.29, 0.717) is 12.8 Å². The molecule has 0 bridgehead atoms. The summed E-state index contributed by atoms with van der Waals surface area (Å²) in [4.78, 5) is 1.18. The van der Waals surface area contributed by atoms with Crippen molar-refractivity contribution in [1.29, 1.82) is 0 Å². The molecule has 0 aliphatic rings. The van der Waals surface area contributed by atoms with Gasteiger partial charge in [-0.25, -0.2) is 0 Å². The summed E-state index contributed by atoms with van der Waals surface area (Å²) in [6, 6.07) is -0.674. The van der Waals surface area contributed by atoms with Gasteiger partial charge >= 0.3 is 6.18 Å². The van der Waals surface area contributed by atoms with Crippen molar-refractivity contribution < 1.29 is 18.4 Å². The predicted molar refractivity (Wildman–Crippen MR) is 55.4 cm³/mol. The first-order chi connectivity index (χ1) is 7.35. The number of halogens is 3. The number of oxime groups is 1.